The number of carbonyl (C=O) groups is 1. The van der Waals surface area contributed by atoms with Crippen molar-refractivity contribution in [1.29, 1.82) is 0 Å². The van der Waals surface area contributed by atoms with Crippen LogP contribution in [0.1, 0.15) is 27.7 Å². The van der Waals surface area contributed by atoms with Crippen LogP contribution < -0.4 is 68.9 Å². The van der Waals surface area contributed by atoms with E-state index in [1.807, 2.05) is 0 Å². The van der Waals surface area contributed by atoms with Crippen molar-refractivity contribution in [2.24, 2.45) is 0 Å². The molecule has 24 heavy (non-hydrogen) atoms. The summed E-state index contributed by atoms with van der Waals surface area (Å²) >= 11 is 0. The van der Waals surface area contributed by atoms with E-state index in [2.05, 4.69) is 11.1 Å². The number of hydrogen-bond donors (Lipinski definition) is 0. The molecule has 0 aliphatic carbocycles. The van der Waals surface area contributed by atoms with Crippen molar-refractivity contribution >= 4 is 13.8 Å². The van der Waals surface area contributed by atoms with E-state index < -0.39 is 26.0 Å². The zero-order chi connectivity index (χ0) is 17.3. The molecule has 130 valence electrons. The molecule has 0 aliphatic rings. The van der Waals surface area contributed by atoms with Gasteiger partial charge in [-0.1, -0.05) is 6.58 Å². The smallest absolute Gasteiger partial charge is 0.790 e. The van der Waals surface area contributed by atoms with Gasteiger partial charge in [-0.05, 0) is 27.7 Å². The average molecular weight is 384 g/mol. The van der Waals surface area contributed by atoms with E-state index in [1.165, 1.54) is 0 Å². The zero-order valence-electron chi connectivity index (χ0n) is 15.3. The van der Waals surface area contributed by atoms with Crippen molar-refractivity contribution in [3.8, 4) is 0 Å². The van der Waals surface area contributed by atoms with Gasteiger partial charge in [-0.2, -0.15) is 0 Å². The van der Waals surface area contributed by atoms with Gasteiger partial charge in [-0.3, -0.25) is 0 Å². The number of hydrogen-bond acceptors (Lipinski definition) is 8. The van der Waals surface area contributed by atoms with E-state index in [4.69, 9.17) is 14.2 Å². The van der Waals surface area contributed by atoms with Crippen molar-refractivity contribution in [3.05, 3.63) is 12.2 Å². The Labute approximate surface area is 187 Å². The van der Waals surface area contributed by atoms with Crippen LogP contribution in [-0.4, -0.2) is 44.1 Å². The Morgan fingerprint density at radius 2 is 1.42 bits per heavy atom. The molecule has 8 nitrogen and oxygen atoms in total. The van der Waals surface area contributed by atoms with Crippen LogP contribution in [0.4, 0.5) is 0 Å². The Bertz CT molecular complexity index is 415. The van der Waals surface area contributed by atoms with Crippen molar-refractivity contribution in [2.75, 3.05) is 19.8 Å². The minimum Gasteiger partial charge on any atom is -0.790 e. The van der Waals surface area contributed by atoms with E-state index in [0.29, 0.717) is 5.57 Å². The Hall–Kier alpha value is 1.24. The van der Waals surface area contributed by atoms with Crippen LogP contribution in [0.2, 0.25) is 0 Å². The zero-order valence-corrected chi connectivity index (χ0v) is 20.2. The van der Waals surface area contributed by atoms with Gasteiger partial charge in [0, 0.05) is 5.57 Å². The summed E-state index contributed by atoms with van der Waals surface area (Å²) < 4.78 is 30.2. The third-order valence-corrected chi connectivity index (χ3v) is 2.82. The number of phosphoric ester groups is 1. The largest absolute Gasteiger partial charge is 1.00 e. The molecular formula is C13H23Na2O8P. The maximum absolute atomic E-state index is 11.3. The molecule has 0 N–H and O–H groups in total. The van der Waals surface area contributed by atoms with Gasteiger partial charge in [0.1, 0.15) is 6.10 Å². The van der Waals surface area contributed by atoms with E-state index in [9.17, 15) is 19.1 Å². The minimum atomic E-state index is -4.98. The molecule has 3 atom stereocenters. The molecule has 0 rings (SSSR count). The minimum absolute atomic E-state index is 0. The maximum atomic E-state index is 11.3. The fourth-order valence-corrected chi connectivity index (χ4v) is 1.60. The summed E-state index contributed by atoms with van der Waals surface area (Å²) in [6.07, 6.45) is -1.31. The molecule has 0 heterocycles. The Kier molecular flexibility index (Phi) is 19.1. The van der Waals surface area contributed by atoms with Crippen LogP contribution in [0.25, 0.3) is 0 Å². The molecule has 0 spiro atoms. The second-order valence-electron chi connectivity index (χ2n) is 5.03. The van der Waals surface area contributed by atoms with Crippen LogP contribution in [0.15, 0.2) is 12.2 Å². The molecule has 3 unspecified atom stereocenters. The third-order valence-electron chi connectivity index (χ3n) is 2.35. The summed E-state index contributed by atoms with van der Waals surface area (Å²) in [5.41, 5.74) is 0.311. The number of ether oxygens (including phenoxy) is 3. The fraction of sp³-hybridized carbons (Fsp3) is 0.769. The van der Waals surface area contributed by atoms with Crippen LogP contribution in [0.5, 0.6) is 0 Å². The van der Waals surface area contributed by atoms with Gasteiger partial charge in [0.2, 0.25) is 0 Å². The first kappa shape index (κ1) is 30.0. The predicted octanol–water partition coefficient (Wildman–Crippen LogP) is -5.84. The summed E-state index contributed by atoms with van der Waals surface area (Å²) in [5, 5.41) is 0. The van der Waals surface area contributed by atoms with Crippen LogP contribution in [0.3, 0.4) is 0 Å². The first-order valence-electron chi connectivity index (χ1n) is 6.77. The van der Waals surface area contributed by atoms with Crippen molar-refractivity contribution in [3.63, 3.8) is 0 Å². The van der Waals surface area contributed by atoms with Crippen LogP contribution in [0, 0.1) is 0 Å². The molecule has 0 amide bonds. The average Bonchev–Trinajstić information content (AvgIpc) is 2.39. The molecule has 0 radical (unpaired) electrons. The summed E-state index contributed by atoms with van der Waals surface area (Å²) in [6.45, 7) is 10.0. The molecule has 0 fully saturated rings. The summed E-state index contributed by atoms with van der Waals surface area (Å²) in [4.78, 5) is 31.9. The van der Waals surface area contributed by atoms with E-state index >= 15 is 0 Å². The summed E-state index contributed by atoms with van der Waals surface area (Å²) in [7, 11) is -4.98. The normalized spacial score (nSPS) is 14.6. The Morgan fingerprint density at radius 3 is 1.83 bits per heavy atom. The van der Waals surface area contributed by atoms with E-state index in [1.54, 1.807) is 27.7 Å². The van der Waals surface area contributed by atoms with Crippen LogP contribution in [-0.2, 0) is 28.1 Å². The van der Waals surface area contributed by atoms with Crippen molar-refractivity contribution < 1.29 is 97.0 Å². The summed E-state index contributed by atoms with van der Waals surface area (Å²) in [5.74, 6) is -0.481. The number of phosphoric acid groups is 1. The first-order valence-corrected chi connectivity index (χ1v) is 8.23. The van der Waals surface area contributed by atoms with Gasteiger partial charge in [-0.15, -0.1) is 0 Å². The van der Waals surface area contributed by atoms with Gasteiger partial charge >= 0.3 is 65.1 Å². The molecule has 11 heteroatoms. The van der Waals surface area contributed by atoms with E-state index in [0.717, 1.165) is 0 Å². The van der Waals surface area contributed by atoms with Gasteiger partial charge in [0.05, 0.1) is 39.9 Å². The summed E-state index contributed by atoms with van der Waals surface area (Å²) in [6, 6.07) is 0. The quantitative estimate of drug-likeness (QED) is 0.150. The third kappa shape index (κ3) is 18.0. The second kappa shape index (κ2) is 15.3. The molecule has 0 aromatic carbocycles. The Balaban J connectivity index is -0.00000220. The van der Waals surface area contributed by atoms with Gasteiger partial charge < -0.3 is 33.1 Å². The second-order valence-corrected chi connectivity index (χ2v) is 6.18. The first-order chi connectivity index (χ1) is 10.0. The standard InChI is InChI=1S/C13H25O8P.2Na/c1-9(2)13(14)21-12(5)7-19-10(3)6-18-11(4)8-20-22(15,16)17;;/h10-12H,1,6-8H2,2-5H3,(H2,15,16,17);;/q;2*+1/p-2. The van der Waals surface area contributed by atoms with Crippen molar-refractivity contribution in [1.82, 2.24) is 0 Å². The van der Waals surface area contributed by atoms with Gasteiger partial charge in [0.25, 0.3) is 0 Å². The number of esters is 1. The Morgan fingerprint density at radius 1 is 1.00 bits per heavy atom. The number of carbonyl (C=O) groups excluding carboxylic acids is 1. The van der Waals surface area contributed by atoms with E-state index in [-0.39, 0.29) is 85.0 Å². The van der Waals surface area contributed by atoms with Crippen LogP contribution >= 0.6 is 7.82 Å². The van der Waals surface area contributed by atoms with Gasteiger partial charge in [-0.25, -0.2) is 4.79 Å². The molecule has 0 aliphatic heterocycles. The molecule has 0 bridgehead atoms. The maximum Gasteiger partial charge on any atom is 1.00 e. The SMILES string of the molecule is C=C(C)C(=O)OC(C)COC(C)COC(C)COP(=O)([O-])[O-].[Na+].[Na+]. The van der Waals surface area contributed by atoms with Gasteiger partial charge in [0.15, 0.2) is 0 Å². The van der Waals surface area contributed by atoms with Crippen molar-refractivity contribution in [2.45, 2.75) is 46.0 Å². The monoisotopic (exact) mass is 384 g/mol. The molecule has 0 aromatic heterocycles. The molecule has 0 saturated carbocycles. The molecular weight excluding hydrogens is 361 g/mol. The molecule has 0 saturated heterocycles. The molecule has 0 aromatic rings. The predicted molar refractivity (Wildman–Crippen MR) is 74.8 cm³/mol. The topological polar surface area (TPSA) is 117 Å². The fourth-order valence-electron chi connectivity index (χ4n) is 1.21. The number of rotatable bonds is 11.